The third-order valence-electron chi connectivity index (χ3n) is 4.69. The summed E-state index contributed by atoms with van der Waals surface area (Å²) in [6.07, 6.45) is 3.84. The molecule has 2 rings (SSSR count). The summed E-state index contributed by atoms with van der Waals surface area (Å²) in [4.78, 5) is 12.4. The number of carbonyl (C=O) groups is 1. The minimum absolute atomic E-state index is 0. The van der Waals surface area contributed by atoms with Gasteiger partial charge in [0.15, 0.2) is 0 Å². The maximum atomic E-state index is 12.4. The van der Waals surface area contributed by atoms with Gasteiger partial charge in [0.1, 0.15) is 0 Å². The molecule has 1 aromatic rings. The number of halogens is 2. The number of benzene rings is 1. The zero-order valence-electron chi connectivity index (χ0n) is 14.0. The summed E-state index contributed by atoms with van der Waals surface area (Å²) >= 11 is 6.05. The van der Waals surface area contributed by atoms with Crippen LogP contribution in [-0.2, 0) is 4.79 Å². The van der Waals surface area contributed by atoms with Crippen molar-refractivity contribution in [3.05, 3.63) is 34.9 Å². The standard InChI is InChI=1S/C18H27ClN2O.ClH/c1-3-17(15-5-4-6-16(19)12-15)21-18(22)11-13(2)14-7-9-20-10-8-14;/h4-6,12-14,17,20H,3,7-11H2,1-2H3,(H,21,22);1H. The molecule has 0 spiro atoms. The second-order valence-electron chi connectivity index (χ2n) is 6.35. The van der Waals surface area contributed by atoms with E-state index in [4.69, 9.17) is 11.6 Å². The fourth-order valence-electron chi connectivity index (χ4n) is 3.27. The molecule has 2 N–H and O–H groups in total. The van der Waals surface area contributed by atoms with E-state index in [1.165, 1.54) is 12.8 Å². The Labute approximate surface area is 151 Å². The summed E-state index contributed by atoms with van der Waals surface area (Å²) in [6, 6.07) is 7.80. The summed E-state index contributed by atoms with van der Waals surface area (Å²) in [5.74, 6) is 1.26. The molecule has 2 unspecified atom stereocenters. The summed E-state index contributed by atoms with van der Waals surface area (Å²) in [5.41, 5.74) is 1.08. The molecule has 2 atom stereocenters. The minimum Gasteiger partial charge on any atom is -0.349 e. The molecule has 3 nitrogen and oxygen atoms in total. The van der Waals surface area contributed by atoms with Gasteiger partial charge < -0.3 is 10.6 Å². The average Bonchev–Trinajstić information content (AvgIpc) is 2.53. The van der Waals surface area contributed by atoms with E-state index in [2.05, 4.69) is 24.5 Å². The van der Waals surface area contributed by atoms with Crippen LogP contribution in [0.2, 0.25) is 5.02 Å². The van der Waals surface area contributed by atoms with Crippen LogP contribution in [0.3, 0.4) is 0 Å². The fraction of sp³-hybridized carbons (Fsp3) is 0.611. The Morgan fingerprint density at radius 3 is 2.70 bits per heavy atom. The Morgan fingerprint density at radius 1 is 1.39 bits per heavy atom. The Balaban J connectivity index is 0.00000264. The third-order valence-corrected chi connectivity index (χ3v) is 4.93. The molecule has 1 fully saturated rings. The molecule has 1 aliphatic rings. The predicted octanol–water partition coefficient (Wildman–Crippen LogP) is 4.35. The lowest BCUT2D eigenvalue weighted by Crippen LogP contribution is -2.34. The van der Waals surface area contributed by atoms with E-state index in [9.17, 15) is 4.79 Å². The van der Waals surface area contributed by atoms with E-state index in [1.54, 1.807) is 0 Å². The van der Waals surface area contributed by atoms with Gasteiger partial charge in [0.05, 0.1) is 6.04 Å². The Bertz CT molecular complexity index is 490. The van der Waals surface area contributed by atoms with Crippen molar-refractivity contribution in [2.45, 2.75) is 45.6 Å². The van der Waals surface area contributed by atoms with Crippen molar-refractivity contribution < 1.29 is 4.79 Å². The third kappa shape index (κ3) is 6.33. The van der Waals surface area contributed by atoms with Crippen LogP contribution in [0.25, 0.3) is 0 Å². The van der Waals surface area contributed by atoms with Gasteiger partial charge in [0, 0.05) is 11.4 Å². The summed E-state index contributed by atoms with van der Waals surface area (Å²) in [7, 11) is 0. The van der Waals surface area contributed by atoms with Crippen LogP contribution < -0.4 is 10.6 Å². The van der Waals surface area contributed by atoms with Crippen LogP contribution in [0.4, 0.5) is 0 Å². The minimum atomic E-state index is 0. The summed E-state index contributed by atoms with van der Waals surface area (Å²) in [6.45, 7) is 6.45. The van der Waals surface area contributed by atoms with Crippen molar-refractivity contribution in [3.8, 4) is 0 Å². The van der Waals surface area contributed by atoms with Crippen molar-refractivity contribution in [3.63, 3.8) is 0 Å². The zero-order chi connectivity index (χ0) is 15.9. The lowest BCUT2D eigenvalue weighted by Gasteiger charge is -2.28. The fourth-order valence-corrected chi connectivity index (χ4v) is 3.47. The lowest BCUT2D eigenvalue weighted by molar-refractivity contribution is -0.123. The molecule has 0 bridgehead atoms. The summed E-state index contributed by atoms with van der Waals surface area (Å²) in [5, 5.41) is 7.26. The normalized spacial score (nSPS) is 17.9. The molecule has 5 heteroatoms. The highest BCUT2D eigenvalue weighted by Gasteiger charge is 2.23. The number of rotatable bonds is 6. The van der Waals surface area contributed by atoms with E-state index in [0.29, 0.717) is 23.3 Å². The molecule has 1 amide bonds. The van der Waals surface area contributed by atoms with E-state index >= 15 is 0 Å². The van der Waals surface area contributed by atoms with Crippen LogP contribution in [0, 0.1) is 11.8 Å². The second kappa shape index (κ2) is 10.2. The van der Waals surface area contributed by atoms with E-state index in [0.717, 1.165) is 25.1 Å². The highest BCUT2D eigenvalue weighted by atomic mass is 35.5. The highest BCUT2D eigenvalue weighted by Crippen LogP contribution is 2.25. The number of hydrogen-bond acceptors (Lipinski definition) is 2. The van der Waals surface area contributed by atoms with Crippen LogP contribution >= 0.6 is 24.0 Å². The van der Waals surface area contributed by atoms with Gasteiger partial charge in [-0.05, 0) is 61.9 Å². The molecule has 23 heavy (non-hydrogen) atoms. The highest BCUT2D eigenvalue weighted by molar-refractivity contribution is 6.30. The molecule has 130 valence electrons. The van der Waals surface area contributed by atoms with Crippen molar-refractivity contribution in [1.82, 2.24) is 10.6 Å². The molecular weight excluding hydrogens is 331 g/mol. The molecular formula is C18H28Cl2N2O. The molecule has 1 saturated heterocycles. The SMILES string of the molecule is CCC(NC(=O)CC(C)C1CCNCC1)c1cccc(Cl)c1.Cl. The van der Waals surface area contributed by atoms with Gasteiger partial charge in [0.25, 0.3) is 0 Å². The van der Waals surface area contributed by atoms with Crippen molar-refractivity contribution in [2.24, 2.45) is 11.8 Å². The second-order valence-corrected chi connectivity index (χ2v) is 6.79. The van der Waals surface area contributed by atoms with Crippen LogP contribution in [0.15, 0.2) is 24.3 Å². The molecule has 0 aromatic heterocycles. The summed E-state index contributed by atoms with van der Waals surface area (Å²) < 4.78 is 0. The van der Waals surface area contributed by atoms with Crippen LogP contribution in [0.1, 0.15) is 51.1 Å². The first-order chi connectivity index (χ1) is 10.6. The van der Waals surface area contributed by atoms with Crippen LogP contribution in [-0.4, -0.2) is 19.0 Å². The van der Waals surface area contributed by atoms with Gasteiger partial charge >= 0.3 is 0 Å². The van der Waals surface area contributed by atoms with Crippen molar-refractivity contribution in [1.29, 1.82) is 0 Å². The van der Waals surface area contributed by atoms with Gasteiger partial charge in [-0.25, -0.2) is 0 Å². The van der Waals surface area contributed by atoms with Crippen molar-refractivity contribution in [2.75, 3.05) is 13.1 Å². The monoisotopic (exact) mass is 358 g/mol. The Kier molecular flexibility index (Phi) is 8.96. The van der Waals surface area contributed by atoms with E-state index in [-0.39, 0.29) is 24.4 Å². The van der Waals surface area contributed by atoms with Gasteiger partial charge in [-0.3, -0.25) is 4.79 Å². The Morgan fingerprint density at radius 2 is 2.09 bits per heavy atom. The topological polar surface area (TPSA) is 41.1 Å². The average molecular weight is 359 g/mol. The number of carbonyl (C=O) groups excluding carboxylic acids is 1. The van der Waals surface area contributed by atoms with E-state index < -0.39 is 0 Å². The first-order valence-electron chi connectivity index (χ1n) is 8.35. The molecule has 1 aromatic carbocycles. The number of hydrogen-bond donors (Lipinski definition) is 2. The van der Waals surface area contributed by atoms with E-state index in [1.807, 2.05) is 24.3 Å². The van der Waals surface area contributed by atoms with Gasteiger partial charge in [-0.2, -0.15) is 0 Å². The van der Waals surface area contributed by atoms with Gasteiger partial charge in [-0.1, -0.05) is 37.6 Å². The van der Waals surface area contributed by atoms with Crippen LogP contribution in [0.5, 0.6) is 0 Å². The molecule has 0 radical (unpaired) electrons. The van der Waals surface area contributed by atoms with Gasteiger partial charge in [-0.15, -0.1) is 12.4 Å². The quantitative estimate of drug-likeness (QED) is 0.793. The van der Waals surface area contributed by atoms with Crippen molar-refractivity contribution >= 4 is 29.9 Å². The maximum absolute atomic E-state index is 12.4. The van der Waals surface area contributed by atoms with Gasteiger partial charge in [0.2, 0.25) is 5.91 Å². The molecule has 1 aliphatic heterocycles. The zero-order valence-corrected chi connectivity index (χ0v) is 15.6. The Hall–Kier alpha value is -0.770. The molecule has 0 aliphatic carbocycles. The largest absolute Gasteiger partial charge is 0.349 e. The number of piperidine rings is 1. The maximum Gasteiger partial charge on any atom is 0.220 e. The molecule has 0 saturated carbocycles. The molecule has 1 heterocycles. The lowest BCUT2D eigenvalue weighted by atomic mass is 9.84. The first kappa shape index (κ1) is 20.3. The number of amides is 1. The smallest absolute Gasteiger partial charge is 0.220 e. The predicted molar refractivity (Wildman–Crippen MR) is 99.2 cm³/mol. The first-order valence-corrected chi connectivity index (χ1v) is 8.73. The number of nitrogens with one attached hydrogen (secondary N) is 2.